The van der Waals surface area contributed by atoms with Crippen molar-refractivity contribution in [3.05, 3.63) is 52.5 Å². The van der Waals surface area contributed by atoms with Crippen molar-refractivity contribution in [2.24, 2.45) is 5.92 Å². The number of carbonyl (C=O) groups is 2. The van der Waals surface area contributed by atoms with E-state index in [9.17, 15) is 9.59 Å². The number of nitrogens with one attached hydrogen (secondary N) is 1. The highest BCUT2D eigenvalue weighted by Gasteiger charge is 2.41. The zero-order valence-electron chi connectivity index (χ0n) is 20.1. The van der Waals surface area contributed by atoms with Crippen LogP contribution in [0.1, 0.15) is 57.1 Å². The molecule has 2 amide bonds. The molecular weight excluding hydrogens is 438 g/mol. The fourth-order valence-electron chi connectivity index (χ4n) is 4.28. The number of likely N-dealkylation sites (tertiary alicyclic amines) is 1. The van der Waals surface area contributed by atoms with Crippen LogP contribution in [0, 0.1) is 5.92 Å². The lowest BCUT2D eigenvalue weighted by molar-refractivity contribution is -0.131. The van der Waals surface area contributed by atoms with Crippen LogP contribution in [0.5, 0.6) is 0 Å². The molecule has 2 heterocycles. The SMILES string of the molecule is CO[C@@H]([C@@H](C)C(=O)N[C@@H](Cc1ccccc1)c1nccs1)[C@@H]1CCCN1C(=O)OC(C)(C)C. The van der Waals surface area contributed by atoms with E-state index in [1.807, 2.05) is 63.4 Å². The molecule has 180 valence electrons. The van der Waals surface area contributed by atoms with Gasteiger partial charge in [-0.1, -0.05) is 37.3 Å². The number of amides is 2. The Kier molecular flexibility index (Phi) is 8.48. The Morgan fingerprint density at radius 1 is 1.27 bits per heavy atom. The molecule has 33 heavy (non-hydrogen) atoms. The first-order valence-corrected chi connectivity index (χ1v) is 12.3. The van der Waals surface area contributed by atoms with Crippen LogP contribution in [-0.4, -0.2) is 53.3 Å². The maximum Gasteiger partial charge on any atom is 0.410 e. The molecule has 1 saturated heterocycles. The average Bonchev–Trinajstić information content (AvgIpc) is 3.46. The Hall–Kier alpha value is -2.45. The minimum absolute atomic E-state index is 0.117. The van der Waals surface area contributed by atoms with Gasteiger partial charge in [-0.25, -0.2) is 9.78 Å². The molecule has 1 N–H and O–H groups in total. The van der Waals surface area contributed by atoms with Crippen LogP contribution >= 0.6 is 11.3 Å². The molecular formula is C25H35N3O4S. The van der Waals surface area contributed by atoms with E-state index in [1.165, 1.54) is 11.3 Å². The zero-order chi connectivity index (χ0) is 24.0. The number of methoxy groups -OCH3 is 1. The van der Waals surface area contributed by atoms with E-state index in [0.29, 0.717) is 13.0 Å². The highest BCUT2D eigenvalue weighted by Crippen LogP contribution is 2.29. The van der Waals surface area contributed by atoms with E-state index >= 15 is 0 Å². The zero-order valence-corrected chi connectivity index (χ0v) is 20.9. The van der Waals surface area contributed by atoms with Gasteiger partial charge in [0.1, 0.15) is 10.6 Å². The lowest BCUT2D eigenvalue weighted by atomic mass is 9.94. The number of nitrogens with zero attached hydrogens (tertiary/aromatic N) is 2. The van der Waals surface area contributed by atoms with Gasteiger partial charge in [0.15, 0.2) is 0 Å². The molecule has 0 spiro atoms. The van der Waals surface area contributed by atoms with E-state index in [0.717, 1.165) is 23.4 Å². The van der Waals surface area contributed by atoms with Crippen LogP contribution in [0.25, 0.3) is 0 Å². The minimum Gasteiger partial charge on any atom is -0.444 e. The predicted octanol–water partition coefficient (Wildman–Crippen LogP) is 4.59. The molecule has 1 aliphatic heterocycles. The average molecular weight is 474 g/mol. The van der Waals surface area contributed by atoms with Gasteiger partial charge in [-0.2, -0.15) is 0 Å². The number of thiazole rings is 1. The number of ether oxygens (including phenoxy) is 2. The summed E-state index contributed by atoms with van der Waals surface area (Å²) in [6.45, 7) is 8.02. The first-order valence-electron chi connectivity index (χ1n) is 11.5. The summed E-state index contributed by atoms with van der Waals surface area (Å²) >= 11 is 1.53. The quantitative estimate of drug-likeness (QED) is 0.606. The molecule has 8 heteroatoms. The third-order valence-corrected chi connectivity index (χ3v) is 6.72. The standard InChI is InChI=1S/C25H35N3O4S/c1-17(21(31-5)20-12-9-14-28(20)24(30)32-25(2,3)4)22(29)27-19(23-26-13-15-33-23)16-18-10-7-6-8-11-18/h6-8,10-11,13,15,17,19-21H,9,12,14,16H2,1-5H3,(H,27,29)/t17-,19+,20+,21+/m1/s1. The van der Waals surface area contributed by atoms with E-state index in [4.69, 9.17) is 9.47 Å². The largest absolute Gasteiger partial charge is 0.444 e. The van der Waals surface area contributed by atoms with Crippen LogP contribution in [-0.2, 0) is 20.7 Å². The smallest absolute Gasteiger partial charge is 0.410 e. The number of carbonyl (C=O) groups excluding carboxylic acids is 2. The van der Waals surface area contributed by atoms with Gasteiger partial charge in [0.25, 0.3) is 0 Å². The molecule has 0 bridgehead atoms. The van der Waals surface area contributed by atoms with Gasteiger partial charge in [0.05, 0.1) is 24.1 Å². The topological polar surface area (TPSA) is 80.8 Å². The van der Waals surface area contributed by atoms with Gasteiger partial charge in [-0.05, 0) is 45.6 Å². The van der Waals surface area contributed by atoms with Crippen molar-refractivity contribution in [3.63, 3.8) is 0 Å². The molecule has 3 rings (SSSR count). The third kappa shape index (κ3) is 6.77. The molecule has 1 aromatic heterocycles. The van der Waals surface area contributed by atoms with Gasteiger partial charge in [0, 0.05) is 25.2 Å². The highest BCUT2D eigenvalue weighted by atomic mass is 32.1. The van der Waals surface area contributed by atoms with Crippen LogP contribution in [0.2, 0.25) is 0 Å². The summed E-state index contributed by atoms with van der Waals surface area (Å²) in [5, 5.41) is 5.96. The van der Waals surface area contributed by atoms with Crippen molar-refractivity contribution in [2.75, 3.05) is 13.7 Å². The summed E-state index contributed by atoms with van der Waals surface area (Å²) in [6.07, 6.45) is 3.24. The highest BCUT2D eigenvalue weighted by molar-refractivity contribution is 7.09. The number of benzene rings is 1. The number of rotatable bonds is 8. The predicted molar refractivity (Wildman–Crippen MR) is 129 cm³/mol. The van der Waals surface area contributed by atoms with E-state index in [1.54, 1.807) is 18.2 Å². The second kappa shape index (κ2) is 11.1. The maximum absolute atomic E-state index is 13.4. The summed E-state index contributed by atoms with van der Waals surface area (Å²) in [6, 6.07) is 9.61. The molecule has 1 fully saturated rings. The third-order valence-electron chi connectivity index (χ3n) is 5.83. The van der Waals surface area contributed by atoms with Crippen LogP contribution in [0.15, 0.2) is 41.9 Å². The van der Waals surface area contributed by atoms with Crippen molar-refractivity contribution in [1.82, 2.24) is 15.2 Å². The van der Waals surface area contributed by atoms with Crippen LogP contribution in [0.3, 0.4) is 0 Å². The van der Waals surface area contributed by atoms with Gasteiger partial charge in [-0.15, -0.1) is 11.3 Å². The molecule has 1 aromatic carbocycles. The summed E-state index contributed by atoms with van der Waals surface area (Å²) in [5.74, 6) is -0.574. The number of aromatic nitrogens is 1. The summed E-state index contributed by atoms with van der Waals surface area (Å²) in [4.78, 5) is 32.3. The van der Waals surface area contributed by atoms with Crippen molar-refractivity contribution in [1.29, 1.82) is 0 Å². The van der Waals surface area contributed by atoms with Gasteiger partial charge in [0.2, 0.25) is 5.91 Å². The Bertz CT molecular complexity index is 898. The summed E-state index contributed by atoms with van der Waals surface area (Å²) in [7, 11) is 1.60. The first kappa shape index (κ1) is 25.2. The molecule has 7 nitrogen and oxygen atoms in total. The molecule has 0 aliphatic carbocycles. The monoisotopic (exact) mass is 473 g/mol. The second-order valence-electron chi connectivity index (χ2n) is 9.49. The van der Waals surface area contributed by atoms with Crippen LogP contribution < -0.4 is 5.32 Å². The second-order valence-corrected chi connectivity index (χ2v) is 10.4. The molecule has 0 radical (unpaired) electrons. The Labute approximate surface area is 200 Å². The molecule has 0 unspecified atom stereocenters. The molecule has 1 aliphatic rings. The normalized spacial score (nSPS) is 19.1. The Balaban J connectivity index is 1.72. The maximum atomic E-state index is 13.4. The summed E-state index contributed by atoms with van der Waals surface area (Å²) in [5.41, 5.74) is 0.551. The van der Waals surface area contributed by atoms with Gasteiger partial charge < -0.3 is 19.7 Å². The van der Waals surface area contributed by atoms with Crippen molar-refractivity contribution >= 4 is 23.3 Å². The minimum atomic E-state index is -0.575. The first-order chi connectivity index (χ1) is 15.7. The lowest BCUT2D eigenvalue weighted by Gasteiger charge is -2.35. The van der Waals surface area contributed by atoms with E-state index in [-0.39, 0.29) is 24.1 Å². The van der Waals surface area contributed by atoms with Crippen molar-refractivity contribution < 1.29 is 19.1 Å². The van der Waals surface area contributed by atoms with Gasteiger partial charge in [-0.3, -0.25) is 4.79 Å². The Morgan fingerprint density at radius 2 is 2.00 bits per heavy atom. The number of hydrogen-bond acceptors (Lipinski definition) is 6. The van der Waals surface area contributed by atoms with Crippen molar-refractivity contribution in [3.8, 4) is 0 Å². The molecule has 0 saturated carbocycles. The fourth-order valence-corrected chi connectivity index (χ4v) is 4.97. The fraction of sp³-hybridized carbons (Fsp3) is 0.560. The van der Waals surface area contributed by atoms with Crippen molar-refractivity contribution in [2.45, 2.75) is 70.7 Å². The molecule has 4 atom stereocenters. The lowest BCUT2D eigenvalue weighted by Crippen LogP contribution is -2.51. The Morgan fingerprint density at radius 3 is 2.61 bits per heavy atom. The number of hydrogen-bond donors (Lipinski definition) is 1. The van der Waals surface area contributed by atoms with E-state index in [2.05, 4.69) is 10.3 Å². The van der Waals surface area contributed by atoms with Gasteiger partial charge >= 0.3 is 6.09 Å². The van der Waals surface area contributed by atoms with Crippen LogP contribution in [0.4, 0.5) is 4.79 Å². The van der Waals surface area contributed by atoms with E-state index < -0.39 is 17.6 Å². The summed E-state index contributed by atoms with van der Waals surface area (Å²) < 4.78 is 11.4. The molecule has 2 aromatic rings.